The molecule has 124 valence electrons. The molecule has 24 heavy (non-hydrogen) atoms. The number of hydrogen-bond acceptors (Lipinski definition) is 3. The van der Waals surface area contributed by atoms with E-state index in [1.807, 2.05) is 32.2 Å². The minimum Gasteiger partial charge on any atom is -0.464 e. The van der Waals surface area contributed by atoms with Crippen molar-refractivity contribution in [3.8, 4) is 0 Å². The molecule has 0 radical (unpaired) electrons. The van der Waals surface area contributed by atoms with Crippen molar-refractivity contribution in [2.24, 2.45) is 0 Å². The fourth-order valence-corrected chi connectivity index (χ4v) is 2.85. The lowest BCUT2D eigenvalue weighted by Gasteiger charge is -2.25. The average Bonchev–Trinajstić information content (AvgIpc) is 3.03. The zero-order valence-corrected chi connectivity index (χ0v) is 14.3. The fourth-order valence-electron chi connectivity index (χ4n) is 2.85. The number of amides is 1. The Hall–Kier alpha value is -2.62. The highest BCUT2D eigenvalue weighted by atomic mass is 16.3. The maximum atomic E-state index is 12.7. The Balaban J connectivity index is 1.79. The third kappa shape index (κ3) is 3.18. The third-order valence-corrected chi connectivity index (χ3v) is 4.63. The van der Waals surface area contributed by atoms with E-state index in [0.717, 1.165) is 28.5 Å². The van der Waals surface area contributed by atoms with Crippen LogP contribution in [0.5, 0.6) is 0 Å². The largest absolute Gasteiger partial charge is 0.464 e. The molecule has 0 saturated carbocycles. The van der Waals surface area contributed by atoms with Gasteiger partial charge in [-0.2, -0.15) is 0 Å². The molecule has 0 aliphatic carbocycles. The molecule has 0 aliphatic rings. The predicted octanol–water partition coefficient (Wildman–Crippen LogP) is 4.15. The van der Waals surface area contributed by atoms with E-state index in [1.165, 1.54) is 5.56 Å². The maximum absolute atomic E-state index is 12.7. The van der Waals surface area contributed by atoms with Crippen molar-refractivity contribution in [3.63, 3.8) is 0 Å². The number of aryl methyl sites for hydroxylation is 1. The van der Waals surface area contributed by atoms with Gasteiger partial charge in [-0.25, -0.2) is 0 Å². The number of rotatable bonds is 5. The van der Waals surface area contributed by atoms with Gasteiger partial charge in [0.15, 0.2) is 0 Å². The highest BCUT2D eigenvalue weighted by Crippen LogP contribution is 2.25. The van der Waals surface area contributed by atoms with Gasteiger partial charge in [0.25, 0.3) is 0 Å². The molecule has 0 unspecified atom stereocenters. The summed E-state index contributed by atoms with van der Waals surface area (Å²) in [5.74, 6) is 0.0731. The summed E-state index contributed by atoms with van der Waals surface area (Å²) in [4.78, 5) is 18.5. The van der Waals surface area contributed by atoms with Crippen LogP contribution in [0, 0.1) is 0 Å². The van der Waals surface area contributed by atoms with Crippen molar-refractivity contribution in [2.45, 2.75) is 32.7 Å². The molecule has 0 spiro atoms. The minimum atomic E-state index is 0.00451. The van der Waals surface area contributed by atoms with Crippen molar-refractivity contribution in [1.82, 2.24) is 9.88 Å². The third-order valence-electron chi connectivity index (χ3n) is 4.63. The van der Waals surface area contributed by atoms with Crippen LogP contribution in [0.25, 0.3) is 11.0 Å². The first-order valence-corrected chi connectivity index (χ1v) is 8.24. The molecule has 2 aromatic heterocycles. The summed E-state index contributed by atoms with van der Waals surface area (Å²) < 4.78 is 5.60. The first kappa shape index (κ1) is 16.2. The summed E-state index contributed by atoms with van der Waals surface area (Å²) in [6.07, 6.45) is 6.51. The van der Waals surface area contributed by atoms with Gasteiger partial charge in [0.05, 0.1) is 18.7 Å². The monoisotopic (exact) mass is 322 g/mol. The van der Waals surface area contributed by atoms with Gasteiger partial charge in [-0.05, 0) is 48.7 Å². The summed E-state index contributed by atoms with van der Waals surface area (Å²) in [5.41, 5.74) is 4.10. The number of benzene rings is 1. The number of likely N-dealkylation sites (N-methyl/N-ethyl adjacent to an activating group) is 1. The van der Waals surface area contributed by atoms with Crippen molar-refractivity contribution in [1.29, 1.82) is 0 Å². The molecule has 0 N–H and O–H groups in total. The van der Waals surface area contributed by atoms with Gasteiger partial charge in [0.2, 0.25) is 5.91 Å². The average molecular weight is 322 g/mol. The molecule has 1 amide bonds. The number of hydrogen-bond donors (Lipinski definition) is 0. The normalized spacial score (nSPS) is 12.3. The molecule has 2 heterocycles. The number of pyridine rings is 1. The van der Waals surface area contributed by atoms with Crippen LogP contribution in [-0.2, 0) is 17.6 Å². The van der Waals surface area contributed by atoms with Crippen LogP contribution in [0.15, 0.2) is 53.4 Å². The smallest absolute Gasteiger partial charge is 0.227 e. The Morgan fingerprint density at radius 2 is 2.00 bits per heavy atom. The second-order valence-electron chi connectivity index (χ2n) is 6.08. The van der Waals surface area contributed by atoms with Gasteiger partial charge in [0, 0.05) is 30.4 Å². The van der Waals surface area contributed by atoms with E-state index in [2.05, 4.69) is 24.0 Å². The molecule has 3 aromatic rings. The number of carbonyl (C=O) groups is 1. The minimum absolute atomic E-state index is 0.00451. The highest BCUT2D eigenvalue weighted by molar-refractivity contribution is 5.88. The zero-order valence-electron chi connectivity index (χ0n) is 14.3. The molecule has 1 atom stereocenters. The fraction of sp³-hybridized carbons (Fsp3) is 0.300. The van der Waals surface area contributed by atoms with Crippen molar-refractivity contribution < 1.29 is 9.21 Å². The van der Waals surface area contributed by atoms with Crippen LogP contribution < -0.4 is 0 Å². The number of nitrogens with zero attached hydrogens (tertiary/aromatic N) is 2. The van der Waals surface area contributed by atoms with Crippen LogP contribution in [0.2, 0.25) is 0 Å². The first-order valence-electron chi connectivity index (χ1n) is 8.24. The number of carbonyl (C=O) groups excluding carboxylic acids is 1. The van der Waals surface area contributed by atoms with E-state index in [-0.39, 0.29) is 11.9 Å². The molecule has 0 saturated heterocycles. The maximum Gasteiger partial charge on any atom is 0.227 e. The SMILES string of the molecule is CCc1ccc2occ(CC(=O)N(C)[C@H](C)c3ccncc3)c2c1. The molecule has 4 heteroatoms. The lowest BCUT2D eigenvalue weighted by molar-refractivity contribution is -0.131. The molecule has 4 nitrogen and oxygen atoms in total. The number of furan rings is 1. The first-order chi connectivity index (χ1) is 11.6. The summed E-state index contributed by atoms with van der Waals surface area (Å²) in [6.45, 7) is 4.14. The van der Waals surface area contributed by atoms with Crippen LogP contribution in [-0.4, -0.2) is 22.8 Å². The number of aromatic nitrogens is 1. The summed E-state index contributed by atoms with van der Waals surface area (Å²) in [7, 11) is 1.84. The Bertz CT molecular complexity index is 839. The molecule has 0 bridgehead atoms. The molecular formula is C20H22N2O2. The van der Waals surface area contributed by atoms with Gasteiger partial charge in [0.1, 0.15) is 5.58 Å². The van der Waals surface area contributed by atoms with E-state index in [1.54, 1.807) is 23.6 Å². The van der Waals surface area contributed by atoms with E-state index >= 15 is 0 Å². The molecule has 1 aromatic carbocycles. The lowest BCUT2D eigenvalue weighted by atomic mass is 10.0. The summed E-state index contributed by atoms with van der Waals surface area (Å²) >= 11 is 0. The summed E-state index contributed by atoms with van der Waals surface area (Å²) in [5, 5.41) is 1.03. The van der Waals surface area contributed by atoms with Crippen LogP contribution >= 0.6 is 0 Å². The zero-order chi connectivity index (χ0) is 17.1. The van der Waals surface area contributed by atoms with E-state index in [9.17, 15) is 4.79 Å². The molecular weight excluding hydrogens is 300 g/mol. The molecule has 3 rings (SSSR count). The van der Waals surface area contributed by atoms with Crippen molar-refractivity contribution >= 4 is 16.9 Å². The number of fused-ring (bicyclic) bond motifs is 1. The topological polar surface area (TPSA) is 46.3 Å². The molecule has 0 fully saturated rings. The highest BCUT2D eigenvalue weighted by Gasteiger charge is 2.19. The van der Waals surface area contributed by atoms with Crippen LogP contribution in [0.3, 0.4) is 0 Å². The Labute approximate surface area is 142 Å². The van der Waals surface area contributed by atoms with Gasteiger partial charge in [-0.3, -0.25) is 9.78 Å². The van der Waals surface area contributed by atoms with Gasteiger partial charge in [-0.15, -0.1) is 0 Å². The second-order valence-corrected chi connectivity index (χ2v) is 6.08. The van der Waals surface area contributed by atoms with Crippen molar-refractivity contribution in [3.05, 3.63) is 65.7 Å². The second kappa shape index (κ2) is 6.87. The van der Waals surface area contributed by atoms with Crippen LogP contribution in [0.1, 0.15) is 36.6 Å². The predicted molar refractivity (Wildman–Crippen MR) is 94.7 cm³/mol. The quantitative estimate of drug-likeness (QED) is 0.709. The Morgan fingerprint density at radius 1 is 1.25 bits per heavy atom. The lowest BCUT2D eigenvalue weighted by Crippen LogP contribution is -2.30. The van der Waals surface area contributed by atoms with Crippen LogP contribution in [0.4, 0.5) is 0 Å². The van der Waals surface area contributed by atoms with E-state index < -0.39 is 0 Å². The Kier molecular flexibility index (Phi) is 4.65. The van der Waals surface area contributed by atoms with E-state index in [4.69, 9.17) is 4.42 Å². The van der Waals surface area contributed by atoms with Gasteiger partial charge >= 0.3 is 0 Å². The van der Waals surface area contributed by atoms with E-state index in [0.29, 0.717) is 6.42 Å². The Morgan fingerprint density at radius 3 is 2.71 bits per heavy atom. The molecule has 0 aliphatic heterocycles. The van der Waals surface area contributed by atoms with Crippen molar-refractivity contribution in [2.75, 3.05) is 7.05 Å². The standard InChI is InChI=1S/C20H22N2O2/c1-4-15-5-6-19-18(11-15)17(13-24-19)12-20(23)22(3)14(2)16-7-9-21-10-8-16/h5-11,13-14H,4,12H2,1-3H3/t14-/m1/s1. The van der Waals surface area contributed by atoms with Gasteiger partial charge < -0.3 is 9.32 Å². The van der Waals surface area contributed by atoms with Gasteiger partial charge in [-0.1, -0.05) is 13.0 Å². The summed E-state index contributed by atoms with van der Waals surface area (Å²) in [6, 6.07) is 10.0.